The Hall–Kier alpha value is -0.610. The second-order valence-electron chi connectivity index (χ2n) is 5.44. The van der Waals surface area contributed by atoms with Crippen molar-refractivity contribution in [2.45, 2.75) is 53.6 Å². The van der Waals surface area contributed by atoms with E-state index in [1.807, 2.05) is 0 Å². The Balaban J connectivity index is 2.62. The quantitative estimate of drug-likeness (QED) is 0.732. The summed E-state index contributed by atoms with van der Waals surface area (Å²) in [6, 6.07) is 0.509. The molecule has 1 aromatic heterocycles. The van der Waals surface area contributed by atoms with Crippen molar-refractivity contribution in [2.75, 3.05) is 18.0 Å². The molecule has 0 unspecified atom stereocenters. The minimum absolute atomic E-state index is 0.509. The van der Waals surface area contributed by atoms with Gasteiger partial charge in [-0.3, -0.25) is 0 Å². The molecule has 104 valence electrons. The van der Waals surface area contributed by atoms with E-state index in [4.69, 9.17) is 4.98 Å². The molecule has 1 aromatic rings. The van der Waals surface area contributed by atoms with E-state index in [0.29, 0.717) is 12.0 Å². The topological polar surface area (TPSA) is 28.2 Å². The molecule has 0 atom stereocenters. The van der Waals surface area contributed by atoms with Crippen LogP contribution in [-0.2, 0) is 6.54 Å². The van der Waals surface area contributed by atoms with Crippen LogP contribution >= 0.6 is 11.3 Å². The minimum atomic E-state index is 0.509. The van der Waals surface area contributed by atoms with Crippen LogP contribution in [0.4, 0.5) is 5.13 Å². The molecule has 0 spiro atoms. The summed E-state index contributed by atoms with van der Waals surface area (Å²) in [4.78, 5) is 7.14. The van der Waals surface area contributed by atoms with E-state index >= 15 is 0 Å². The summed E-state index contributed by atoms with van der Waals surface area (Å²) >= 11 is 1.76. The van der Waals surface area contributed by atoms with Crippen LogP contribution in [0.1, 0.15) is 46.7 Å². The van der Waals surface area contributed by atoms with Crippen molar-refractivity contribution >= 4 is 16.5 Å². The minimum Gasteiger partial charge on any atom is -0.345 e. The van der Waals surface area contributed by atoms with Crippen LogP contribution in [0.25, 0.3) is 0 Å². The average Bonchev–Trinajstić information content (AvgIpc) is 2.74. The molecule has 18 heavy (non-hydrogen) atoms. The van der Waals surface area contributed by atoms with Crippen LogP contribution < -0.4 is 10.2 Å². The standard InChI is InChI=1S/C14H27N3S/c1-6-7-15-8-13-10-18-14(16-13)17(12(4)5)9-11(2)3/h10-12,15H,6-9H2,1-5H3. The molecule has 0 fully saturated rings. The lowest BCUT2D eigenvalue weighted by Crippen LogP contribution is -2.34. The van der Waals surface area contributed by atoms with Crippen LogP contribution in [0, 0.1) is 5.92 Å². The number of anilines is 1. The molecule has 3 nitrogen and oxygen atoms in total. The maximum Gasteiger partial charge on any atom is 0.185 e. The van der Waals surface area contributed by atoms with Crippen molar-refractivity contribution in [1.82, 2.24) is 10.3 Å². The number of hydrogen-bond donors (Lipinski definition) is 1. The van der Waals surface area contributed by atoms with Gasteiger partial charge in [0, 0.05) is 24.5 Å². The molecule has 0 saturated heterocycles. The highest BCUT2D eigenvalue weighted by Gasteiger charge is 2.15. The summed E-state index contributed by atoms with van der Waals surface area (Å²) in [6.45, 7) is 14.2. The second kappa shape index (κ2) is 7.74. The van der Waals surface area contributed by atoms with E-state index in [1.165, 1.54) is 6.42 Å². The maximum atomic E-state index is 4.74. The van der Waals surface area contributed by atoms with E-state index in [0.717, 1.165) is 30.5 Å². The first-order valence-corrected chi connectivity index (χ1v) is 7.84. The Morgan fingerprint density at radius 2 is 2.06 bits per heavy atom. The van der Waals surface area contributed by atoms with E-state index in [2.05, 4.69) is 50.2 Å². The summed E-state index contributed by atoms with van der Waals surface area (Å²) in [6.07, 6.45) is 1.17. The van der Waals surface area contributed by atoms with E-state index in [-0.39, 0.29) is 0 Å². The van der Waals surface area contributed by atoms with Gasteiger partial charge in [0.15, 0.2) is 5.13 Å². The monoisotopic (exact) mass is 269 g/mol. The fourth-order valence-corrected chi connectivity index (χ4v) is 2.77. The molecule has 0 aromatic carbocycles. The van der Waals surface area contributed by atoms with Gasteiger partial charge in [0.25, 0.3) is 0 Å². The summed E-state index contributed by atoms with van der Waals surface area (Å²) in [7, 11) is 0. The number of thiazole rings is 1. The van der Waals surface area contributed by atoms with Crippen molar-refractivity contribution in [2.24, 2.45) is 5.92 Å². The molecule has 0 bridgehead atoms. The van der Waals surface area contributed by atoms with Crippen LogP contribution in [-0.4, -0.2) is 24.1 Å². The lowest BCUT2D eigenvalue weighted by Gasteiger charge is -2.27. The molecule has 0 saturated carbocycles. The average molecular weight is 269 g/mol. The van der Waals surface area contributed by atoms with Gasteiger partial charge in [-0.2, -0.15) is 0 Å². The first-order valence-electron chi connectivity index (χ1n) is 6.96. The van der Waals surface area contributed by atoms with Crippen LogP contribution in [0.3, 0.4) is 0 Å². The molecule has 0 aliphatic heterocycles. The zero-order valence-electron chi connectivity index (χ0n) is 12.4. The first-order chi connectivity index (χ1) is 8.54. The van der Waals surface area contributed by atoms with E-state index < -0.39 is 0 Å². The highest BCUT2D eigenvalue weighted by molar-refractivity contribution is 7.13. The number of hydrogen-bond acceptors (Lipinski definition) is 4. The van der Waals surface area contributed by atoms with Gasteiger partial charge < -0.3 is 10.2 Å². The van der Waals surface area contributed by atoms with Gasteiger partial charge >= 0.3 is 0 Å². The Kier molecular flexibility index (Phi) is 6.65. The molecule has 0 radical (unpaired) electrons. The number of aromatic nitrogens is 1. The first kappa shape index (κ1) is 15.4. The summed E-state index contributed by atoms with van der Waals surface area (Å²) in [5.41, 5.74) is 1.16. The maximum absolute atomic E-state index is 4.74. The predicted octanol–water partition coefficient (Wildman–Crippen LogP) is 3.51. The van der Waals surface area contributed by atoms with Gasteiger partial charge in [0.2, 0.25) is 0 Å². The Morgan fingerprint density at radius 1 is 1.33 bits per heavy atom. The molecular formula is C14H27N3S. The van der Waals surface area contributed by atoms with Crippen molar-refractivity contribution in [3.8, 4) is 0 Å². The zero-order chi connectivity index (χ0) is 13.5. The molecule has 1 heterocycles. The Morgan fingerprint density at radius 3 is 2.61 bits per heavy atom. The molecule has 1 N–H and O–H groups in total. The Labute approximate surface area is 116 Å². The third-order valence-corrected chi connectivity index (χ3v) is 3.63. The highest BCUT2D eigenvalue weighted by atomic mass is 32.1. The van der Waals surface area contributed by atoms with Gasteiger partial charge in [0.05, 0.1) is 5.69 Å². The van der Waals surface area contributed by atoms with Crippen molar-refractivity contribution in [3.05, 3.63) is 11.1 Å². The van der Waals surface area contributed by atoms with Gasteiger partial charge in [-0.05, 0) is 32.7 Å². The van der Waals surface area contributed by atoms with Crippen molar-refractivity contribution in [1.29, 1.82) is 0 Å². The second-order valence-corrected chi connectivity index (χ2v) is 6.27. The largest absolute Gasteiger partial charge is 0.345 e. The number of rotatable bonds is 8. The van der Waals surface area contributed by atoms with Gasteiger partial charge in [-0.25, -0.2) is 4.98 Å². The van der Waals surface area contributed by atoms with Crippen LogP contribution in [0.5, 0.6) is 0 Å². The van der Waals surface area contributed by atoms with Crippen molar-refractivity contribution < 1.29 is 0 Å². The zero-order valence-corrected chi connectivity index (χ0v) is 13.2. The SMILES string of the molecule is CCCNCc1csc(N(CC(C)C)C(C)C)n1. The molecule has 4 heteroatoms. The summed E-state index contributed by atoms with van der Waals surface area (Å²) in [5, 5.41) is 6.73. The van der Waals surface area contributed by atoms with Gasteiger partial charge in [0.1, 0.15) is 0 Å². The molecule has 0 amide bonds. The lowest BCUT2D eigenvalue weighted by molar-refractivity contribution is 0.569. The van der Waals surface area contributed by atoms with E-state index in [9.17, 15) is 0 Å². The molecular weight excluding hydrogens is 242 g/mol. The molecule has 0 aliphatic rings. The summed E-state index contributed by atoms with van der Waals surface area (Å²) in [5.74, 6) is 0.665. The lowest BCUT2D eigenvalue weighted by atomic mass is 10.2. The predicted molar refractivity (Wildman–Crippen MR) is 81.4 cm³/mol. The Bertz CT molecular complexity index is 334. The number of nitrogens with zero attached hydrogens (tertiary/aromatic N) is 2. The van der Waals surface area contributed by atoms with Crippen molar-refractivity contribution in [3.63, 3.8) is 0 Å². The molecule has 1 rings (SSSR count). The fraction of sp³-hybridized carbons (Fsp3) is 0.786. The normalized spacial score (nSPS) is 11.5. The van der Waals surface area contributed by atoms with Crippen LogP contribution in [0.15, 0.2) is 5.38 Å². The van der Waals surface area contributed by atoms with Gasteiger partial charge in [-0.1, -0.05) is 20.8 Å². The molecule has 0 aliphatic carbocycles. The third kappa shape index (κ3) is 4.94. The number of nitrogens with one attached hydrogen (secondary N) is 1. The summed E-state index contributed by atoms with van der Waals surface area (Å²) < 4.78 is 0. The third-order valence-electron chi connectivity index (χ3n) is 2.70. The highest BCUT2D eigenvalue weighted by Crippen LogP contribution is 2.23. The van der Waals surface area contributed by atoms with Gasteiger partial charge in [-0.15, -0.1) is 11.3 Å². The smallest absolute Gasteiger partial charge is 0.185 e. The van der Waals surface area contributed by atoms with E-state index in [1.54, 1.807) is 11.3 Å². The van der Waals surface area contributed by atoms with Crippen LogP contribution in [0.2, 0.25) is 0 Å². The fourth-order valence-electron chi connectivity index (χ4n) is 1.81.